The van der Waals surface area contributed by atoms with Crippen molar-refractivity contribution in [3.63, 3.8) is 0 Å². The summed E-state index contributed by atoms with van der Waals surface area (Å²) in [6, 6.07) is 1.90. The van der Waals surface area contributed by atoms with Crippen molar-refractivity contribution in [2.75, 3.05) is 13.2 Å². The Morgan fingerprint density at radius 1 is 1.29 bits per heavy atom. The van der Waals surface area contributed by atoms with Crippen molar-refractivity contribution in [2.24, 2.45) is 0 Å². The van der Waals surface area contributed by atoms with Crippen LogP contribution in [-0.4, -0.2) is 37.8 Å². The molecular formula is C13H18FNO5S. The van der Waals surface area contributed by atoms with Gasteiger partial charge >= 0.3 is 5.97 Å². The minimum absolute atomic E-state index is 0.0458. The molecule has 0 atom stereocenters. The smallest absolute Gasteiger partial charge is 0.338 e. The molecule has 0 amide bonds. The number of benzene rings is 1. The molecule has 0 saturated heterocycles. The van der Waals surface area contributed by atoms with Gasteiger partial charge in [-0.05, 0) is 43.9 Å². The monoisotopic (exact) mass is 319 g/mol. The van der Waals surface area contributed by atoms with Crippen molar-refractivity contribution < 1.29 is 27.8 Å². The van der Waals surface area contributed by atoms with Crippen LogP contribution in [0.3, 0.4) is 0 Å². The predicted molar refractivity (Wildman–Crippen MR) is 74.2 cm³/mol. The number of halogens is 1. The second kappa shape index (κ2) is 7.48. The number of sulfonamides is 1. The van der Waals surface area contributed by atoms with Crippen LogP contribution in [0.25, 0.3) is 0 Å². The lowest BCUT2D eigenvalue weighted by Crippen LogP contribution is -2.25. The molecular weight excluding hydrogens is 301 g/mol. The van der Waals surface area contributed by atoms with E-state index in [2.05, 4.69) is 4.72 Å². The van der Waals surface area contributed by atoms with E-state index in [1.165, 1.54) is 6.92 Å². The van der Waals surface area contributed by atoms with Gasteiger partial charge in [-0.2, -0.15) is 0 Å². The normalized spacial score (nSPS) is 11.6. The largest absolute Gasteiger partial charge is 0.478 e. The summed E-state index contributed by atoms with van der Waals surface area (Å²) in [7, 11) is -3.89. The van der Waals surface area contributed by atoms with E-state index in [-0.39, 0.29) is 23.6 Å². The van der Waals surface area contributed by atoms with Crippen molar-refractivity contribution in [2.45, 2.75) is 31.1 Å². The van der Waals surface area contributed by atoms with Crippen LogP contribution in [0, 0.1) is 12.7 Å². The first-order valence-electron chi connectivity index (χ1n) is 6.43. The number of hydrogen-bond donors (Lipinski definition) is 3. The van der Waals surface area contributed by atoms with Crippen LogP contribution < -0.4 is 4.72 Å². The summed E-state index contributed by atoms with van der Waals surface area (Å²) in [5, 5.41) is 17.5. The minimum atomic E-state index is -3.89. The molecule has 0 aromatic heterocycles. The molecule has 0 aliphatic heterocycles. The zero-order valence-electron chi connectivity index (χ0n) is 11.6. The fourth-order valence-electron chi connectivity index (χ4n) is 1.75. The highest BCUT2D eigenvalue weighted by Gasteiger charge is 2.20. The van der Waals surface area contributed by atoms with Crippen molar-refractivity contribution in [1.29, 1.82) is 0 Å². The molecule has 1 aromatic rings. The van der Waals surface area contributed by atoms with Gasteiger partial charge in [0.15, 0.2) is 0 Å². The first-order valence-corrected chi connectivity index (χ1v) is 7.92. The zero-order chi connectivity index (χ0) is 16.0. The molecule has 1 aromatic carbocycles. The molecule has 0 unspecified atom stereocenters. The third-order valence-corrected chi connectivity index (χ3v) is 4.34. The fourth-order valence-corrected chi connectivity index (χ4v) is 2.94. The topological polar surface area (TPSA) is 104 Å². The molecule has 0 saturated carbocycles. The highest BCUT2D eigenvalue weighted by molar-refractivity contribution is 7.89. The molecule has 0 spiro atoms. The van der Waals surface area contributed by atoms with Gasteiger partial charge < -0.3 is 10.2 Å². The number of carboxylic acid groups (broad SMARTS) is 1. The summed E-state index contributed by atoms with van der Waals surface area (Å²) in [4.78, 5) is 10.6. The summed E-state index contributed by atoms with van der Waals surface area (Å²) in [6.07, 6.45) is 1.80. The highest BCUT2D eigenvalue weighted by atomic mass is 32.2. The maximum atomic E-state index is 13.6. The van der Waals surface area contributed by atoms with Crippen LogP contribution >= 0.6 is 0 Å². The van der Waals surface area contributed by atoms with Gasteiger partial charge in [0.1, 0.15) is 5.82 Å². The number of rotatable bonds is 8. The van der Waals surface area contributed by atoms with E-state index in [4.69, 9.17) is 10.2 Å². The second-order valence-corrected chi connectivity index (χ2v) is 6.36. The molecule has 0 heterocycles. The average molecular weight is 319 g/mol. The van der Waals surface area contributed by atoms with Crippen molar-refractivity contribution in [3.8, 4) is 0 Å². The van der Waals surface area contributed by atoms with E-state index in [9.17, 15) is 17.6 Å². The lowest BCUT2D eigenvalue weighted by molar-refractivity contribution is 0.0691. The van der Waals surface area contributed by atoms with Gasteiger partial charge in [-0.3, -0.25) is 0 Å². The van der Waals surface area contributed by atoms with Gasteiger partial charge in [-0.15, -0.1) is 0 Å². The van der Waals surface area contributed by atoms with Crippen molar-refractivity contribution in [1.82, 2.24) is 4.72 Å². The van der Waals surface area contributed by atoms with Gasteiger partial charge in [-0.25, -0.2) is 22.3 Å². The molecule has 0 radical (unpaired) electrons. The number of aliphatic hydroxyl groups is 1. The van der Waals surface area contributed by atoms with Gasteiger partial charge in [0.25, 0.3) is 0 Å². The van der Waals surface area contributed by atoms with Crippen molar-refractivity contribution in [3.05, 3.63) is 29.1 Å². The SMILES string of the molecule is Cc1cc(S(=O)(=O)NCCCCCO)cc(C(=O)O)c1F. The Hall–Kier alpha value is -1.51. The number of aromatic carboxylic acids is 1. The lowest BCUT2D eigenvalue weighted by atomic mass is 10.1. The molecule has 21 heavy (non-hydrogen) atoms. The zero-order valence-corrected chi connectivity index (χ0v) is 12.4. The van der Waals surface area contributed by atoms with Gasteiger partial charge in [0.2, 0.25) is 10.0 Å². The second-order valence-electron chi connectivity index (χ2n) is 4.59. The fraction of sp³-hybridized carbons (Fsp3) is 0.462. The Bertz CT molecular complexity index is 615. The van der Waals surface area contributed by atoms with Crippen LogP contribution in [-0.2, 0) is 10.0 Å². The number of aliphatic hydroxyl groups excluding tert-OH is 1. The molecule has 6 nitrogen and oxygen atoms in total. The van der Waals surface area contributed by atoms with E-state index in [0.29, 0.717) is 19.3 Å². The molecule has 118 valence electrons. The van der Waals surface area contributed by atoms with Gasteiger partial charge in [0, 0.05) is 13.2 Å². The van der Waals surface area contributed by atoms with Crippen LogP contribution in [0.2, 0.25) is 0 Å². The lowest BCUT2D eigenvalue weighted by Gasteiger charge is -2.09. The molecule has 0 bridgehead atoms. The van der Waals surface area contributed by atoms with E-state index < -0.39 is 27.4 Å². The van der Waals surface area contributed by atoms with Crippen LogP contribution in [0.15, 0.2) is 17.0 Å². The third kappa shape index (κ3) is 4.76. The number of hydrogen-bond acceptors (Lipinski definition) is 4. The Morgan fingerprint density at radius 2 is 1.95 bits per heavy atom. The molecule has 3 N–H and O–H groups in total. The van der Waals surface area contributed by atoms with Gasteiger partial charge in [0.05, 0.1) is 10.5 Å². The van der Waals surface area contributed by atoms with Crippen molar-refractivity contribution >= 4 is 16.0 Å². The van der Waals surface area contributed by atoms with Crippen LogP contribution in [0.5, 0.6) is 0 Å². The number of aryl methyl sites for hydroxylation is 1. The Labute approximate surface area is 122 Å². The third-order valence-electron chi connectivity index (χ3n) is 2.90. The summed E-state index contributed by atoms with van der Waals surface area (Å²) in [5.74, 6) is -2.46. The number of carboxylic acids is 1. The predicted octanol–water partition coefficient (Wildman–Crippen LogP) is 1.27. The summed E-state index contributed by atoms with van der Waals surface area (Å²) < 4.78 is 40.0. The van der Waals surface area contributed by atoms with Gasteiger partial charge in [-0.1, -0.05) is 0 Å². The molecule has 1 rings (SSSR count). The van der Waals surface area contributed by atoms with E-state index in [1.54, 1.807) is 0 Å². The van der Waals surface area contributed by atoms with Crippen LogP contribution in [0.4, 0.5) is 4.39 Å². The van der Waals surface area contributed by atoms with E-state index >= 15 is 0 Å². The van der Waals surface area contributed by atoms with Crippen LogP contribution in [0.1, 0.15) is 35.2 Å². The molecule has 0 aliphatic rings. The maximum Gasteiger partial charge on any atom is 0.338 e. The highest BCUT2D eigenvalue weighted by Crippen LogP contribution is 2.19. The number of nitrogens with one attached hydrogen (secondary N) is 1. The van der Waals surface area contributed by atoms with E-state index in [1.807, 2.05) is 0 Å². The molecule has 8 heteroatoms. The quantitative estimate of drug-likeness (QED) is 0.626. The maximum absolute atomic E-state index is 13.6. The molecule has 0 fully saturated rings. The Morgan fingerprint density at radius 3 is 2.52 bits per heavy atom. The first-order chi connectivity index (χ1) is 9.79. The Balaban J connectivity index is 2.91. The average Bonchev–Trinajstić information content (AvgIpc) is 2.40. The number of unbranched alkanes of at least 4 members (excludes halogenated alkanes) is 2. The summed E-state index contributed by atoms with van der Waals surface area (Å²) in [5.41, 5.74) is -0.716. The Kier molecular flexibility index (Phi) is 6.25. The minimum Gasteiger partial charge on any atom is -0.478 e. The number of carbonyl (C=O) groups is 1. The summed E-state index contributed by atoms with van der Waals surface area (Å²) in [6.45, 7) is 1.52. The van der Waals surface area contributed by atoms with E-state index in [0.717, 1.165) is 12.1 Å². The summed E-state index contributed by atoms with van der Waals surface area (Å²) >= 11 is 0. The standard InChI is InChI=1S/C13H18FNO5S/c1-9-7-10(8-11(12(9)14)13(17)18)21(19,20)15-5-3-2-4-6-16/h7-8,15-16H,2-6H2,1H3,(H,17,18). The molecule has 0 aliphatic carbocycles. The first kappa shape index (κ1) is 17.5.